The van der Waals surface area contributed by atoms with Gasteiger partial charge < -0.3 is 19.9 Å². The summed E-state index contributed by atoms with van der Waals surface area (Å²) < 4.78 is 5.49. The van der Waals surface area contributed by atoms with Crippen LogP contribution in [0.5, 0.6) is 5.75 Å². The number of nitrogens with one attached hydrogen (secondary N) is 1. The summed E-state index contributed by atoms with van der Waals surface area (Å²) in [6, 6.07) is 13.0. The second kappa shape index (κ2) is 9.37. The van der Waals surface area contributed by atoms with E-state index in [0.717, 1.165) is 50.3 Å². The van der Waals surface area contributed by atoms with E-state index in [4.69, 9.17) is 4.74 Å². The molecule has 1 saturated heterocycles. The second-order valence-corrected chi connectivity index (χ2v) is 6.91. The van der Waals surface area contributed by atoms with Crippen molar-refractivity contribution in [3.05, 3.63) is 53.6 Å². The Morgan fingerprint density at radius 1 is 1.14 bits per heavy atom. The minimum Gasteiger partial charge on any atom is -0.483 e. The quantitative estimate of drug-likeness (QED) is 0.747. The van der Waals surface area contributed by atoms with E-state index >= 15 is 0 Å². The third-order valence-electron chi connectivity index (χ3n) is 5.07. The number of anilines is 2. The molecule has 0 saturated carbocycles. The number of para-hydroxylation sites is 1. The minimum absolute atomic E-state index is 0.148. The second-order valence-electron chi connectivity index (χ2n) is 6.91. The maximum absolute atomic E-state index is 12.3. The molecule has 6 heteroatoms. The molecular weight excluding hydrogens is 354 g/mol. The zero-order valence-electron chi connectivity index (χ0n) is 16.5. The Bertz CT molecular complexity index is 830. The molecule has 1 amide bonds. The van der Waals surface area contributed by atoms with Crippen LogP contribution in [0.25, 0.3) is 0 Å². The van der Waals surface area contributed by atoms with Crippen molar-refractivity contribution in [3.63, 3.8) is 0 Å². The van der Waals surface area contributed by atoms with Crippen LogP contribution < -0.4 is 15.0 Å². The van der Waals surface area contributed by atoms with Crippen molar-refractivity contribution in [2.24, 2.45) is 0 Å². The van der Waals surface area contributed by atoms with Gasteiger partial charge in [-0.05, 0) is 49.4 Å². The van der Waals surface area contributed by atoms with Gasteiger partial charge in [-0.1, -0.05) is 19.1 Å². The van der Waals surface area contributed by atoms with Crippen molar-refractivity contribution >= 4 is 23.6 Å². The average Bonchev–Trinajstić information content (AvgIpc) is 2.74. The standard InChI is InChI=1S/C22H27N3O3/c1-3-24-10-12-25(13-11-24)19-8-9-20(17(2)14-19)23-22(27)16-28-21-7-5-4-6-18(21)15-26/h4-9,14-15H,3,10-13,16H2,1-2H3,(H,23,27). The number of likely N-dealkylation sites (N-methyl/N-ethyl adjacent to an activating group) is 1. The van der Waals surface area contributed by atoms with Gasteiger partial charge >= 0.3 is 0 Å². The van der Waals surface area contributed by atoms with Gasteiger partial charge in [0.15, 0.2) is 12.9 Å². The Kier molecular flexibility index (Phi) is 6.66. The van der Waals surface area contributed by atoms with E-state index in [2.05, 4.69) is 28.1 Å². The molecule has 1 fully saturated rings. The Labute approximate surface area is 166 Å². The lowest BCUT2D eigenvalue weighted by Gasteiger charge is -2.35. The van der Waals surface area contributed by atoms with Crippen LogP contribution in [0, 0.1) is 6.92 Å². The third kappa shape index (κ3) is 4.89. The summed E-state index contributed by atoms with van der Waals surface area (Å²) in [6.45, 7) is 9.32. The summed E-state index contributed by atoms with van der Waals surface area (Å²) in [4.78, 5) is 28.1. The molecule has 1 aliphatic heterocycles. The lowest BCUT2D eigenvalue weighted by Crippen LogP contribution is -2.46. The zero-order chi connectivity index (χ0) is 19.9. The van der Waals surface area contributed by atoms with Gasteiger partial charge in [0.25, 0.3) is 5.91 Å². The normalized spacial score (nSPS) is 14.6. The summed E-state index contributed by atoms with van der Waals surface area (Å²) in [5.74, 6) is 0.152. The monoisotopic (exact) mass is 381 g/mol. The summed E-state index contributed by atoms with van der Waals surface area (Å²) in [6.07, 6.45) is 0.719. The average molecular weight is 381 g/mol. The molecule has 1 N–H and O–H groups in total. The molecule has 1 heterocycles. The molecule has 148 valence electrons. The van der Waals surface area contributed by atoms with Crippen LogP contribution in [0.2, 0.25) is 0 Å². The van der Waals surface area contributed by atoms with Crippen LogP contribution in [0.15, 0.2) is 42.5 Å². The number of nitrogens with zero attached hydrogens (tertiary/aromatic N) is 2. The number of aryl methyl sites for hydroxylation is 1. The van der Waals surface area contributed by atoms with Gasteiger partial charge in [-0.25, -0.2) is 0 Å². The lowest BCUT2D eigenvalue weighted by molar-refractivity contribution is -0.118. The fourth-order valence-corrected chi connectivity index (χ4v) is 3.35. The van der Waals surface area contributed by atoms with Gasteiger partial charge in [0.2, 0.25) is 0 Å². The molecule has 0 spiro atoms. The maximum Gasteiger partial charge on any atom is 0.262 e. The summed E-state index contributed by atoms with van der Waals surface area (Å²) in [5, 5.41) is 2.89. The maximum atomic E-state index is 12.3. The van der Waals surface area contributed by atoms with Crippen LogP contribution in [-0.4, -0.2) is 56.4 Å². The number of rotatable bonds is 7. The molecule has 2 aromatic rings. The van der Waals surface area contributed by atoms with Crippen LogP contribution >= 0.6 is 0 Å². The number of ether oxygens (including phenoxy) is 1. The smallest absolute Gasteiger partial charge is 0.262 e. The SMILES string of the molecule is CCN1CCN(c2ccc(NC(=O)COc3ccccc3C=O)c(C)c2)CC1. The fourth-order valence-electron chi connectivity index (χ4n) is 3.35. The van der Waals surface area contributed by atoms with E-state index in [-0.39, 0.29) is 12.5 Å². The van der Waals surface area contributed by atoms with Crippen molar-refractivity contribution in [2.75, 3.05) is 49.5 Å². The van der Waals surface area contributed by atoms with Gasteiger partial charge in [0, 0.05) is 37.6 Å². The van der Waals surface area contributed by atoms with Crippen molar-refractivity contribution in [1.29, 1.82) is 0 Å². The molecule has 0 aromatic heterocycles. The predicted molar refractivity (Wildman–Crippen MR) is 111 cm³/mol. The topological polar surface area (TPSA) is 61.9 Å². The Balaban J connectivity index is 1.57. The van der Waals surface area contributed by atoms with Gasteiger partial charge in [-0.15, -0.1) is 0 Å². The minimum atomic E-state index is -0.256. The summed E-state index contributed by atoms with van der Waals surface area (Å²) >= 11 is 0. The Morgan fingerprint density at radius 2 is 1.89 bits per heavy atom. The van der Waals surface area contributed by atoms with E-state index < -0.39 is 0 Å². The highest BCUT2D eigenvalue weighted by molar-refractivity contribution is 5.93. The molecule has 0 atom stereocenters. The van der Waals surface area contributed by atoms with E-state index in [0.29, 0.717) is 11.3 Å². The Morgan fingerprint density at radius 3 is 2.57 bits per heavy atom. The largest absolute Gasteiger partial charge is 0.483 e. The van der Waals surface area contributed by atoms with Crippen LogP contribution in [0.4, 0.5) is 11.4 Å². The molecule has 1 aliphatic rings. The third-order valence-corrected chi connectivity index (χ3v) is 5.07. The van der Waals surface area contributed by atoms with Gasteiger partial charge in [-0.2, -0.15) is 0 Å². The molecule has 0 bridgehead atoms. The number of benzene rings is 2. The molecule has 0 aliphatic carbocycles. The number of hydrogen-bond donors (Lipinski definition) is 1. The summed E-state index contributed by atoms with van der Waals surface area (Å²) in [5.41, 5.74) is 3.40. The highest BCUT2D eigenvalue weighted by atomic mass is 16.5. The van der Waals surface area contributed by atoms with Crippen molar-refractivity contribution in [3.8, 4) is 5.75 Å². The van der Waals surface area contributed by atoms with Crippen molar-refractivity contribution in [1.82, 2.24) is 4.90 Å². The summed E-state index contributed by atoms with van der Waals surface area (Å²) in [7, 11) is 0. The van der Waals surface area contributed by atoms with E-state index in [1.165, 1.54) is 5.69 Å². The van der Waals surface area contributed by atoms with Crippen molar-refractivity contribution in [2.45, 2.75) is 13.8 Å². The van der Waals surface area contributed by atoms with Crippen LogP contribution in [-0.2, 0) is 4.79 Å². The fraction of sp³-hybridized carbons (Fsp3) is 0.364. The van der Waals surface area contributed by atoms with Crippen LogP contribution in [0.3, 0.4) is 0 Å². The first-order valence-electron chi connectivity index (χ1n) is 9.65. The number of carbonyl (C=O) groups is 2. The zero-order valence-corrected chi connectivity index (χ0v) is 16.5. The predicted octanol–water partition coefficient (Wildman–Crippen LogP) is 2.97. The van der Waals surface area contributed by atoms with Crippen molar-refractivity contribution < 1.29 is 14.3 Å². The highest BCUT2D eigenvalue weighted by Gasteiger charge is 2.16. The van der Waals surface area contributed by atoms with Gasteiger partial charge in [0.05, 0.1) is 5.56 Å². The van der Waals surface area contributed by atoms with Crippen LogP contribution in [0.1, 0.15) is 22.8 Å². The van der Waals surface area contributed by atoms with Gasteiger partial charge in [0.1, 0.15) is 5.75 Å². The molecule has 28 heavy (non-hydrogen) atoms. The molecule has 2 aromatic carbocycles. The number of amides is 1. The molecular formula is C22H27N3O3. The first kappa shape index (κ1) is 19.9. The first-order valence-corrected chi connectivity index (χ1v) is 9.65. The lowest BCUT2D eigenvalue weighted by atomic mass is 10.1. The van der Waals surface area contributed by atoms with E-state index in [1.807, 2.05) is 19.1 Å². The first-order chi connectivity index (χ1) is 13.6. The van der Waals surface area contributed by atoms with E-state index in [9.17, 15) is 9.59 Å². The molecule has 0 radical (unpaired) electrons. The number of carbonyl (C=O) groups excluding carboxylic acids is 2. The highest BCUT2D eigenvalue weighted by Crippen LogP contribution is 2.24. The number of hydrogen-bond acceptors (Lipinski definition) is 5. The molecule has 6 nitrogen and oxygen atoms in total. The number of aldehydes is 1. The molecule has 3 rings (SSSR count). The van der Waals surface area contributed by atoms with Gasteiger partial charge in [-0.3, -0.25) is 9.59 Å². The van der Waals surface area contributed by atoms with E-state index in [1.54, 1.807) is 24.3 Å². The molecule has 0 unspecified atom stereocenters. The Hall–Kier alpha value is -2.86. The number of piperazine rings is 1.